The first-order valence-corrected chi connectivity index (χ1v) is 5.81. The topological polar surface area (TPSA) is 64.6 Å². The van der Waals surface area contributed by atoms with Crippen molar-refractivity contribution >= 4 is 17.6 Å². The van der Waals surface area contributed by atoms with Crippen molar-refractivity contribution in [3.63, 3.8) is 0 Å². The zero-order chi connectivity index (χ0) is 13.0. The van der Waals surface area contributed by atoms with Crippen LogP contribution >= 0.6 is 0 Å². The minimum absolute atomic E-state index is 0.0224. The summed E-state index contributed by atoms with van der Waals surface area (Å²) in [5.41, 5.74) is 1.90. The number of benzene rings is 1. The Labute approximate surface area is 105 Å². The molecule has 0 saturated carbocycles. The Morgan fingerprint density at radius 2 is 2.22 bits per heavy atom. The smallest absolute Gasteiger partial charge is 0.308 e. The Hall–Kier alpha value is -2.04. The van der Waals surface area contributed by atoms with Crippen LogP contribution < -0.4 is 10.1 Å². The van der Waals surface area contributed by atoms with Crippen molar-refractivity contribution in [2.45, 2.75) is 19.3 Å². The second kappa shape index (κ2) is 5.53. The molecule has 18 heavy (non-hydrogen) atoms. The van der Waals surface area contributed by atoms with Gasteiger partial charge in [-0.05, 0) is 18.1 Å². The monoisotopic (exact) mass is 249 g/mol. The first kappa shape index (κ1) is 12.4. The van der Waals surface area contributed by atoms with Crippen LogP contribution in [-0.2, 0) is 20.7 Å². The van der Waals surface area contributed by atoms with Crippen LogP contribution in [0.3, 0.4) is 0 Å². The lowest BCUT2D eigenvalue weighted by Gasteiger charge is -2.17. The molecule has 1 aliphatic heterocycles. The van der Waals surface area contributed by atoms with E-state index in [0.717, 1.165) is 17.7 Å². The lowest BCUT2D eigenvalue weighted by molar-refractivity contribution is -0.141. The predicted molar refractivity (Wildman–Crippen MR) is 65.5 cm³/mol. The van der Waals surface area contributed by atoms with E-state index >= 15 is 0 Å². The number of anilines is 1. The summed E-state index contributed by atoms with van der Waals surface area (Å²) in [6.45, 7) is 0.263. The molecule has 0 fully saturated rings. The van der Waals surface area contributed by atoms with E-state index in [0.29, 0.717) is 12.2 Å². The third-order valence-electron chi connectivity index (χ3n) is 2.78. The van der Waals surface area contributed by atoms with Gasteiger partial charge in [0.15, 0.2) is 0 Å². The number of methoxy groups -OCH3 is 1. The first-order chi connectivity index (χ1) is 8.69. The van der Waals surface area contributed by atoms with Gasteiger partial charge in [0, 0.05) is 18.2 Å². The maximum absolute atomic E-state index is 11.3. The van der Waals surface area contributed by atoms with Gasteiger partial charge < -0.3 is 14.8 Å². The molecule has 0 aliphatic carbocycles. The number of esters is 1. The predicted octanol–water partition coefficient (Wildman–Crippen LogP) is 1.51. The Morgan fingerprint density at radius 3 is 3.00 bits per heavy atom. The van der Waals surface area contributed by atoms with Gasteiger partial charge in [0.2, 0.25) is 5.91 Å². The van der Waals surface area contributed by atoms with Gasteiger partial charge in [0.1, 0.15) is 5.75 Å². The van der Waals surface area contributed by atoms with Gasteiger partial charge >= 0.3 is 5.97 Å². The quantitative estimate of drug-likeness (QED) is 0.821. The molecule has 2 rings (SSSR count). The first-order valence-electron chi connectivity index (χ1n) is 5.81. The molecular weight excluding hydrogens is 234 g/mol. The maximum atomic E-state index is 11.3. The summed E-state index contributed by atoms with van der Waals surface area (Å²) < 4.78 is 9.94. The molecular formula is C13H15NO4. The fourth-order valence-corrected chi connectivity index (χ4v) is 1.79. The van der Waals surface area contributed by atoms with Crippen LogP contribution in [0.4, 0.5) is 5.69 Å². The van der Waals surface area contributed by atoms with Gasteiger partial charge in [-0.25, -0.2) is 0 Å². The number of nitrogens with one attached hydrogen (secondary N) is 1. The second-order valence-electron chi connectivity index (χ2n) is 4.04. The molecule has 0 unspecified atom stereocenters. The summed E-state index contributed by atoms with van der Waals surface area (Å²) in [5, 5.41) is 2.80. The van der Waals surface area contributed by atoms with Crippen molar-refractivity contribution in [1.29, 1.82) is 0 Å². The number of hydrogen-bond acceptors (Lipinski definition) is 4. The van der Waals surface area contributed by atoms with Crippen LogP contribution in [0.2, 0.25) is 0 Å². The molecule has 0 aromatic heterocycles. The number of rotatable bonds is 4. The van der Waals surface area contributed by atoms with Crippen LogP contribution in [0.25, 0.3) is 0 Å². The lowest BCUT2D eigenvalue weighted by atomic mass is 10.0. The van der Waals surface area contributed by atoms with E-state index in [9.17, 15) is 9.59 Å². The molecule has 5 nitrogen and oxygen atoms in total. The van der Waals surface area contributed by atoms with Crippen molar-refractivity contribution in [3.05, 3.63) is 23.8 Å². The van der Waals surface area contributed by atoms with E-state index in [1.807, 2.05) is 12.1 Å². The summed E-state index contributed by atoms with van der Waals surface area (Å²) in [5.74, 6) is 0.357. The van der Waals surface area contributed by atoms with Gasteiger partial charge in [0.25, 0.3) is 0 Å². The zero-order valence-electron chi connectivity index (χ0n) is 10.2. The van der Waals surface area contributed by atoms with E-state index in [4.69, 9.17) is 4.74 Å². The molecule has 1 aliphatic rings. The summed E-state index contributed by atoms with van der Waals surface area (Å²) in [4.78, 5) is 22.2. The van der Waals surface area contributed by atoms with Crippen LogP contribution in [0, 0.1) is 0 Å². The third kappa shape index (κ3) is 3.00. The van der Waals surface area contributed by atoms with Crippen molar-refractivity contribution in [2.24, 2.45) is 0 Å². The summed E-state index contributed by atoms with van der Waals surface area (Å²) >= 11 is 0. The number of hydrogen-bond donors (Lipinski definition) is 1. The van der Waals surface area contributed by atoms with Crippen LogP contribution in [0.5, 0.6) is 5.75 Å². The SMILES string of the molecule is COC(=O)CCOc1ccc2c(c1)NC(=O)CC2. The second-order valence-corrected chi connectivity index (χ2v) is 4.04. The molecule has 0 atom stereocenters. The highest BCUT2D eigenvalue weighted by Gasteiger charge is 2.15. The maximum Gasteiger partial charge on any atom is 0.308 e. The highest BCUT2D eigenvalue weighted by Crippen LogP contribution is 2.27. The summed E-state index contributed by atoms with van der Waals surface area (Å²) in [6, 6.07) is 5.56. The van der Waals surface area contributed by atoms with E-state index < -0.39 is 0 Å². The van der Waals surface area contributed by atoms with Gasteiger partial charge in [-0.2, -0.15) is 0 Å². The number of fused-ring (bicyclic) bond motifs is 1. The molecule has 0 radical (unpaired) electrons. The van der Waals surface area contributed by atoms with Crippen LogP contribution in [-0.4, -0.2) is 25.6 Å². The summed E-state index contributed by atoms with van der Waals surface area (Å²) in [6.07, 6.45) is 1.49. The summed E-state index contributed by atoms with van der Waals surface area (Å²) in [7, 11) is 1.34. The number of carbonyl (C=O) groups excluding carboxylic acids is 2. The number of ether oxygens (including phenoxy) is 2. The van der Waals surface area contributed by atoms with E-state index in [1.165, 1.54) is 7.11 Å². The van der Waals surface area contributed by atoms with Crippen molar-refractivity contribution in [1.82, 2.24) is 0 Å². The third-order valence-corrected chi connectivity index (χ3v) is 2.78. The van der Waals surface area contributed by atoms with E-state index in [1.54, 1.807) is 6.07 Å². The Kier molecular flexibility index (Phi) is 3.82. The molecule has 0 bridgehead atoms. The fourth-order valence-electron chi connectivity index (χ4n) is 1.79. The van der Waals surface area contributed by atoms with Crippen molar-refractivity contribution < 1.29 is 19.1 Å². The van der Waals surface area contributed by atoms with Gasteiger partial charge in [0.05, 0.1) is 20.1 Å². The van der Waals surface area contributed by atoms with Gasteiger partial charge in [-0.15, -0.1) is 0 Å². The van der Waals surface area contributed by atoms with E-state index in [2.05, 4.69) is 10.1 Å². The fraction of sp³-hybridized carbons (Fsp3) is 0.385. The normalized spacial score (nSPS) is 13.5. The van der Waals surface area contributed by atoms with Gasteiger partial charge in [-0.3, -0.25) is 9.59 Å². The van der Waals surface area contributed by atoms with Crippen molar-refractivity contribution in [3.8, 4) is 5.75 Å². The van der Waals surface area contributed by atoms with Crippen LogP contribution in [0.15, 0.2) is 18.2 Å². The zero-order valence-corrected chi connectivity index (χ0v) is 10.2. The lowest BCUT2D eigenvalue weighted by Crippen LogP contribution is -2.18. The molecule has 96 valence electrons. The Bertz CT molecular complexity index is 470. The number of carbonyl (C=O) groups is 2. The van der Waals surface area contributed by atoms with Gasteiger partial charge in [-0.1, -0.05) is 6.07 Å². The molecule has 1 amide bonds. The Morgan fingerprint density at radius 1 is 1.39 bits per heavy atom. The highest BCUT2D eigenvalue weighted by atomic mass is 16.5. The van der Waals surface area contributed by atoms with Crippen molar-refractivity contribution in [2.75, 3.05) is 19.0 Å². The van der Waals surface area contributed by atoms with E-state index in [-0.39, 0.29) is 24.9 Å². The average molecular weight is 249 g/mol. The Balaban J connectivity index is 1.96. The minimum Gasteiger partial charge on any atom is -0.493 e. The molecule has 5 heteroatoms. The highest BCUT2D eigenvalue weighted by molar-refractivity contribution is 5.94. The molecule has 1 N–H and O–H groups in total. The molecule has 1 aromatic rings. The van der Waals surface area contributed by atoms with Crippen LogP contribution in [0.1, 0.15) is 18.4 Å². The molecule has 0 spiro atoms. The standard InChI is InChI=1S/C13H15NO4/c1-17-13(16)6-7-18-10-4-2-9-3-5-12(15)14-11(9)8-10/h2,4,8H,3,5-7H2,1H3,(H,14,15). The molecule has 1 heterocycles. The largest absolute Gasteiger partial charge is 0.493 e. The molecule has 1 aromatic carbocycles. The number of amides is 1. The average Bonchev–Trinajstić information content (AvgIpc) is 2.38. The molecule has 0 saturated heterocycles. The minimum atomic E-state index is -0.304. The number of aryl methyl sites for hydroxylation is 1.